The molecule has 1 aromatic heterocycles. The van der Waals surface area contributed by atoms with Crippen LogP contribution in [0, 0.1) is 5.92 Å². The monoisotopic (exact) mass is 304 g/mol. The lowest BCUT2D eigenvalue weighted by atomic mass is 10.1. The second-order valence-electron chi connectivity index (χ2n) is 6.76. The summed E-state index contributed by atoms with van der Waals surface area (Å²) < 4.78 is 7.75. The zero-order chi connectivity index (χ0) is 15.1. The predicted molar refractivity (Wildman–Crippen MR) is 81.6 cm³/mol. The molecule has 1 aromatic rings. The summed E-state index contributed by atoms with van der Waals surface area (Å²) in [6.45, 7) is 5.51. The SMILES string of the molecule is CCn1nccc1C(=O)N[C@H]1C[C@H]2CO[C@@H](C3CC3)CN2C1. The van der Waals surface area contributed by atoms with Crippen LogP contribution < -0.4 is 5.32 Å². The van der Waals surface area contributed by atoms with Crippen LogP contribution in [-0.2, 0) is 11.3 Å². The third-order valence-electron chi connectivity index (χ3n) is 5.18. The van der Waals surface area contributed by atoms with Crippen molar-refractivity contribution in [1.29, 1.82) is 0 Å². The van der Waals surface area contributed by atoms with Crippen LogP contribution in [0.5, 0.6) is 0 Å². The number of carbonyl (C=O) groups excluding carboxylic acids is 1. The second kappa shape index (κ2) is 5.66. The molecule has 120 valence electrons. The molecule has 2 saturated heterocycles. The van der Waals surface area contributed by atoms with Gasteiger partial charge in [0.25, 0.3) is 5.91 Å². The van der Waals surface area contributed by atoms with Crippen molar-refractivity contribution < 1.29 is 9.53 Å². The molecule has 1 saturated carbocycles. The lowest BCUT2D eigenvalue weighted by molar-refractivity contribution is -0.0581. The molecular weight excluding hydrogens is 280 g/mol. The Morgan fingerprint density at radius 1 is 1.45 bits per heavy atom. The van der Waals surface area contributed by atoms with Crippen molar-refractivity contribution in [2.75, 3.05) is 19.7 Å². The van der Waals surface area contributed by atoms with E-state index in [-0.39, 0.29) is 11.9 Å². The number of nitrogens with zero attached hydrogens (tertiary/aromatic N) is 3. The van der Waals surface area contributed by atoms with E-state index in [2.05, 4.69) is 15.3 Å². The molecular formula is C16H24N4O2. The molecule has 0 radical (unpaired) electrons. The zero-order valence-electron chi connectivity index (χ0n) is 13.1. The van der Waals surface area contributed by atoms with Crippen molar-refractivity contribution in [3.05, 3.63) is 18.0 Å². The Balaban J connectivity index is 1.36. The Morgan fingerprint density at radius 3 is 3.09 bits per heavy atom. The van der Waals surface area contributed by atoms with Crippen LogP contribution in [0.1, 0.15) is 36.7 Å². The van der Waals surface area contributed by atoms with Crippen LogP contribution in [0.3, 0.4) is 0 Å². The van der Waals surface area contributed by atoms with Gasteiger partial charge in [-0.15, -0.1) is 0 Å². The van der Waals surface area contributed by atoms with Crippen molar-refractivity contribution in [2.24, 2.45) is 5.92 Å². The predicted octanol–water partition coefficient (Wildman–Crippen LogP) is 0.884. The lowest BCUT2D eigenvalue weighted by Crippen LogP contribution is -2.47. The topological polar surface area (TPSA) is 59.4 Å². The first kappa shape index (κ1) is 14.2. The average molecular weight is 304 g/mol. The fourth-order valence-corrected chi connectivity index (χ4v) is 3.79. The fourth-order valence-electron chi connectivity index (χ4n) is 3.79. The van der Waals surface area contributed by atoms with Crippen molar-refractivity contribution in [3.8, 4) is 0 Å². The Labute approximate surface area is 130 Å². The van der Waals surface area contributed by atoms with Crippen LogP contribution >= 0.6 is 0 Å². The molecule has 3 aliphatic rings. The van der Waals surface area contributed by atoms with E-state index in [0.29, 0.717) is 24.4 Å². The smallest absolute Gasteiger partial charge is 0.269 e. The largest absolute Gasteiger partial charge is 0.375 e. The molecule has 1 amide bonds. The van der Waals surface area contributed by atoms with Gasteiger partial charge < -0.3 is 10.1 Å². The number of hydrogen-bond acceptors (Lipinski definition) is 4. The van der Waals surface area contributed by atoms with Gasteiger partial charge in [-0.2, -0.15) is 5.10 Å². The highest BCUT2D eigenvalue weighted by atomic mass is 16.5. The number of aromatic nitrogens is 2. The highest BCUT2D eigenvalue weighted by molar-refractivity contribution is 5.92. The fraction of sp³-hybridized carbons (Fsp3) is 0.750. The van der Waals surface area contributed by atoms with Gasteiger partial charge in [-0.25, -0.2) is 0 Å². The Bertz CT molecular complexity index is 554. The third-order valence-corrected chi connectivity index (χ3v) is 5.18. The van der Waals surface area contributed by atoms with Crippen molar-refractivity contribution in [2.45, 2.75) is 50.9 Å². The lowest BCUT2D eigenvalue weighted by Gasteiger charge is -2.35. The number of aryl methyl sites for hydroxylation is 1. The molecule has 0 aromatic carbocycles. The van der Waals surface area contributed by atoms with Crippen molar-refractivity contribution >= 4 is 5.91 Å². The molecule has 0 spiro atoms. The highest BCUT2D eigenvalue weighted by Gasteiger charge is 2.42. The van der Waals surface area contributed by atoms with Crippen LogP contribution in [-0.4, -0.2) is 58.5 Å². The molecule has 22 heavy (non-hydrogen) atoms. The first-order valence-corrected chi connectivity index (χ1v) is 8.43. The number of ether oxygens (including phenoxy) is 1. The van der Waals surface area contributed by atoms with Crippen molar-refractivity contribution in [1.82, 2.24) is 20.0 Å². The first-order chi connectivity index (χ1) is 10.7. The second-order valence-corrected chi connectivity index (χ2v) is 6.76. The van der Waals surface area contributed by atoms with Crippen molar-refractivity contribution in [3.63, 3.8) is 0 Å². The minimum Gasteiger partial charge on any atom is -0.375 e. The molecule has 0 bridgehead atoms. The standard InChI is InChI=1S/C16H24N4O2/c1-2-20-14(5-6-17-20)16(21)18-12-7-13-10-22-15(11-3-4-11)9-19(13)8-12/h5-6,11-13,15H,2-4,7-10H2,1H3,(H,18,21)/t12-,13-,15+/m0/s1. The molecule has 1 N–H and O–H groups in total. The summed E-state index contributed by atoms with van der Waals surface area (Å²) in [5.41, 5.74) is 0.652. The van der Waals surface area contributed by atoms with Crippen LogP contribution in [0.15, 0.2) is 12.3 Å². The number of carbonyl (C=O) groups is 1. The van der Waals surface area contributed by atoms with Gasteiger partial charge in [-0.05, 0) is 38.2 Å². The van der Waals surface area contributed by atoms with E-state index >= 15 is 0 Å². The van der Waals surface area contributed by atoms with E-state index < -0.39 is 0 Å². The van der Waals surface area contributed by atoms with Gasteiger partial charge in [-0.1, -0.05) is 0 Å². The van der Waals surface area contributed by atoms with Crippen LogP contribution in [0.4, 0.5) is 0 Å². The van der Waals surface area contributed by atoms with Crippen LogP contribution in [0.25, 0.3) is 0 Å². The van der Waals surface area contributed by atoms with Gasteiger partial charge in [0.05, 0.1) is 12.7 Å². The number of fused-ring (bicyclic) bond motifs is 1. The minimum absolute atomic E-state index is 0.0103. The summed E-state index contributed by atoms with van der Waals surface area (Å²) in [5, 5.41) is 7.34. The third kappa shape index (κ3) is 2.65. The first-order valence-electron chi connectivity index (χ1n) is 8.43. The van der Waals surface area contributed by atoms with E-state index in [1.165, 1.54) is 12.8 Å². The summed E-state index contributed by atoms with van der Waals surface area (Å²) in [5.74, 6) is 0.775. The van der Waals surface area contributed by atoms with Gasteiger partial charge in [0.15, 0.2) is 0 Å². The number of hydrogen-bond donors (Lipinski definition) is 1. The van der Waals surface area contributed by atoms with Gasteiger partial charge >= 0.3 is 0 Å². The van der Waals surface area contributed by atoms with Gasteiger partial charge in [0.1, 0.15) is 5.69 Å². The molecule has 3 atom stereocenters. The molecule has 1 aliphatic carbocycles. The number of amides is 1. The van der Waals surface area contributed by atoms with E-state index in [9.17, 15) is 4.79 Å². The molecule has 3 heterocycles. The van der Waals surface area contributed by atoms with Gasteiger partial charge in [-0.3, -0.25) is 14.4 Å². The summed E-state index contributed by atoms with van der Waals surface area (Å²) >= 11 is 0. The summed E-state index contributed by atoms with van der Waals surface area (Å²) in [6.07, 6.45) is 5.75. The molecule has 4 rings (SSSR count). The molecule has 6 heteroatoms. The number of morpholine rings is 1. The van der Waals surface area contributed by atoms with Gasteiger partial charge in [0.2, 0.25) is 0 Å². The molecule has 2 aliphatic heterocycles. The molecule has 3 fully saturated rings. The number of nitrogens with one attached hydrogen (secondary N) is 1. The highest BCUT2D eigenvalue weighted by Crippen LogP contribution is 2.37. The number of rotatable bonds is 4. The maximum Gasteiger partial charge on any atom is 0.269 e. The Hall–Kier alpha value is -1.40. The summed E-state index contributed by atoms with van der Waals surface area (Å²) in [7, 11) is 0. The Morgan fingerprint density at radius 2 is 2.32 bits per heavy atom. The van der Waals surface area contributed by atoms with Crippen LogP contribution in [0.2, 0.25) is 0 Å². The summed E-state index contributed by atoms with van der Waals surface area (Å²) in [4.78, 5) is 14.9. The quantitative estimate of drug-likeness (QED) is 0.897. The Kier molecular flexibility index (Phi) is 3.66. The minimum atomic E-state index is -0.0103. The van der Waals surface area contributed by atoms with Gasteiger partial charge in [0, 0.05) is 37.9 Å². The average Bonchev–Trinajstić information content (AvgIpc) is 3.12. The molecule has 0 unspecified atom stereocenters. The maximum absolute atomic E-state index is 12.4. The van der Waals surface area contributed by atoms with E-state index in [4.69, 9.17) is 4.74 Å². The normalized spacial score (nSPS) is 32.0. The maximum atomic E-state index is 12.4. The molecule has 6 nitrogen and oxygen atoms in total. The van der Waals surface area contributed by atoms with E-state index in [1.54, 1.807) is 16.9 Å². The van der Waals surface area contributed by atoms with E-state index in [1.807, 2.05) is 6.92 Å². The summed E-state index contributed by atoms with van der Waals surface area (Å²) in [6, 6.07) is 2.48. The van der Waals surface area contributed by atoms with E-state index in [0.717, 1.165) is 32.0 Å². The zero-order valence-corrected chi connectivity index (χ0v) is 13.1.